The van der Waals surface area contributed by atoms with E-state index in [0.717, 1.165) is 17.7 Å². The molecule has 116 valence electrons. The highest BCUT2D eigenvalue weighted by Crippen LogP contribution is 2.35. The highest BCUT2D eigenvalue weighted by molar-refractivity contribution is 5.48. The standard InChI is InChI=1S/C16H15F2NO3/c17-12-5-4-10(6-13(12)18)14(20)8-19-7-11-2-1-3-15-16(11)22-9-21-15/h1-6,14,19-20H,7-9H2/t14-/m0/s1. The maximum Gasteiger partial charge on any atom is 0.231 e. The predicted molar refractivity (Wildman–Crippen MR) is 75.6 cm³/mol. The van der Waals surface area contributed by atoms with Gasteiger partial charge in [-0.15, -0.1) is 0 Å². The monoisotopic (exact) mass is 307 g/mol. The fourth-order valence-electron chi connectivity index (χ4n) is 2.31. The molecule has 1 heterocycles. The molecule has 1 aliphatic heterocycles. The highest BCUT2D eigenvalue weighted by Gasteiger charge is 2.17. The fraction of sp³-hybridized carbons (Fsp3) is 0.250. The summed E-state index contributed by atoms with van der Waals surface area (Å²) in [5, 5.41) is 13.1. The maximum atomic E-state index is 13.1. The normalized spacial score (nSPS) is 14.1. The van der Waals surface area contributed by atoms with Crippen molar-refractivity contribution in [3.8, 4) is 11.5 Å². The zero-order valence-electron chi connectivity index (χ0n) is 11.7. The van der Waals surface area contributed by atoms with Gasteiger partial charge in [-0.05, 0) is 23.8 Å². The van der Waals surface area contributed by atoms with Crippen molar-refractivity contribution in [1.29, 1.82) is 0 Å². The Kier molecular flexibility index (Phi) is 4.22. The lowest BCUT2D eigenvalue weighted by Gasteiger charge is -2.13. The first-order valence-corrected chi connectivity index (χ1v) is 6.86. The van der Waals surface area contributed by atoms with Gasteiger partial charge in [-0.25, -0.2) is 8.78 Å². The topological polar surface area (TPSA) is 50.7 Å². The zero-order valence-corrected chi connectivity index (χ0v) is 11.7. The minimum absolute atomic E-state index is 0.198. The van der Waals surface area contributed by atoms with Gasteiger partial charge in [0.1, 0.15) is 0 Å². The van der Waals surface area contributed by atoms with Crippen LogP contribution in [0.25, 0.3) is 0 Å². The smallest absolute Gasteiger partial charge is 0.231 e. The van der Waals surface area contributed by atoms with E-state index in [1.54, 1.807) is 0 Å². The number of rotatable bonds is 5. The van der Waals surface area contributed by atoms with Crippen molar-refractivity contribution >= 4 is 0 Å². The van der Waals surface area contributed by atoms with E-state index in [1.807, 2.05) is 18.2 Å². The van der Waals surface area contributed by atoms with Gasteiger partial charge < -0.3 is 19.9 Å². The average molecular weight is 307 g/mol. The van der Waals surface area contributed by atoms with Crippen molar-refractivity contribution in [1.82, 2.24) is 5.32 Å². The molecule has 4 nitrogen and oxygen atoms in total. The van der Waals surface area contributed by atoms with Crippen LogP contribution in [0.3, 0.4) is 0 Å². The molecule has 0 amide bonds. The number of halogens is 2. The number of benzene rings is 2. The molecule has 3 rings (SSSR count). The van der Waals surface area contributed by atoms with Crippen molar-refractivity contribution in [3.63, 3.8) is 0 Å². The number of aliphatic hydroxyl groups excluding tert-OH is 1. The van der Waals surface area contributed by atoms with E-state index < -0.39 is 17.7 Å². The SMILES string of the molecule is O[C@@H](CNCc1cccc2c1OCO2)c1ccc(F)c(F)c1. The van der Waals surface area contributed by atoms with Crippen LogP contribution >= 0.6 is 0 Å². The van der Waals surface area contributed by atoms with Crippen LogP contribution in [0.5, 0.6) is 11.5 Å². The van der Waals surface area contributed by atoms with Crippen molar-refractivity contribution in [2.24, 2.45) is 0 Å². The first-order chi connectivity index (χ1) is 10.6. The third-order valence-electron chi connectivity index (χ3n) is 3.46. The van der Waals surface area contributed by atoms with Gasteiger partial charge in [0.2, 0.25) is 6.79 Å². The molecule has 0 spiro atoms. The molecule has 2 aromatic carbocycles. The van der Waals surface area contributed by atoms with Gasteiger partial charge in [-0.1, -0.05) is 18.2 Å². The molecule has 2 aromatic rings. The van der Waals surface area contributed by atoms with E-state index in [-0.39, 0.29) is 13.3 Å². The van der Waals surface area contributed by atoms with Gasteiger partial charge in [-0.2, -0.15) is 0 Å². The van der Waals surface area contributed by atoms with Crippen LogP contribution in [0.2, 0.25) is 0 Å². The number of ether oxygens (including phenoxy) is 2. The van der Waals surface area contributed by atoms with Gasteiger partial charge in [0.15, 0.2) is 23.1 Å². The van der Waals surface area contributed by atoms with E-state index in [1.165, 1.54) is 6.07 Å². The molecule has 6 heteroatoms. The van der Waals surface area contributed by atoms with Gasteiger partial charge >= 0.3 is 0 Å². The summed E-state index contributed by atoms with van der Waals surface area (Å²) >= 11 is 0. The second-order valence-corrected chi connectivity index (χ2v) is 4.97. The van der Waals surface area contributed by atoms with Gasteiger partial charge in [0.05, 0.1) is 6.10 Å². The Morgan fingerprint density at radius 1 is 1.14 bits per heavy atom. The molecular formula is C16H15F2NO3. The Morgan fingerprint density at radius 3 is 2.82 bits per heavy atom. The Labute approximate surface area is 126 Å². The fourth-order valence-corrected chi connectivity index (χ4v) is 2.31. The summed E-state index contributed by atoms with van der Waals surface area (Å²) in [7, 11) is 0. The largest absolute Gasteiger partial charge is 0.454 e. The molecule has 0 fully saturated rings. The third kappa shape index (κ3) is 3.03. The molecule has 0 saturated carbocycles. The summed E-state index contributed by atoms with van der Waals surface area (Å²) in [5.41, 5.74) is 1.23. The molecule has 2 N–H and O–H groups in total. The van der Waals surface area contributed by atoms with Gasteiger partial charge in [0, 0.05) is 18.7 Å². The van der Waals surface area contributed by atoms with Crippen LogP contribution in [0.15, 0.2) is 36.4 Å². The minimum atomic E-state index is -0.969. The first-order valence-electron chi connectivity index (χ1n) is 6.86. The van der Waals surface area contributed by atoms with Crippen molar-refractivity contribution in [3.05, 3.63) is 59.2 Å². The minimum Gasteiger partial charge on any atom is -0.454 e. The maximum absolute atomic E-state index is 13.1. The highest BCUT2D eigenvalue weighted by atomic mass is 19.2. The molecular weight excluding hydrogens is 292 g/mol. The van der Waals surface area contributed by atoms with Crippen LogP contribution in [0, 0.1) is 11.6 Å². The number of para-hydroxylation sites is 1. The van der Waals surface area contributed by atoms with E-state index in [4.69, 9.17) is 9.47 Å². The van der Waals surface area contributed by atoms with Crippen LogP contribution in [-0.2, 0) is 6.54 Å². The van der Waals surface area contributed by atoms with Crippen molar-refractivity contribution in [2.45, 2.75) is 12.6 Å². The van der Waals surface area contributed by atoms with E-state index in [0.29, 0.717) is 23.6 Å². The van der Waals surface area contributed by atoms with Crippen molar-refractivity contribution < 1.29 is 23.4 Å². The Balaban J connectivity index is 1.59. The number of nitrogens with one attached hydrogen (secondary N) is 1. The van der Waals surface area contributed by atoms with Crippen LogP contribution in [0.4, 0.5) is 8.78 Å². The molecule has 0 unspecified atom stereocenters. The van der Waals surface area contributed by atoms with E-state index in [2.05, 4.69) is 5.32 Å². The Hall–Kier alpha value is -2.18. The van der Waals surface area contributed by atoms with Crippen LogP contribution in [-0.4, -0.2) is 18.4 Å². The second-order valence-electron chi connectivity index (χ2n) is 4.97. The Bertz CT molecular complexity index is 678. The number of aliphatic hydroxyl groups is 1. The molecule has 0 aromatic heterocycles. The second kappa shape index (κ2) is 6.29. The number of hydrogen-bond donors (Lipinski definition) is 2. The molecule has 0 bridgehead atoms. The summed E-state index contributed by atoms with van der Waals surface area (Å²) in [5.74, 6) is -0.512. The first kappa shape index (κ1) is 14.7. The molecule has 22 heavy (non-hydrogen) atoms. The number of fused-ring (bicyclic) bond motifs is 1. The zero-order chi connectivity index (χ0) is 15.5. The molecule has 0 aliphatic carbocycles. The van der Waals surface area contributed by atoms with E-state index in [9.17, 15) is 13.9 Å². The lowest BCUT2D eigenvalue weighted by Crippen LogP contribution is -2.21. The summed E-state index contributed by atoms with van der Waals surface area (Å²) in [6, 6.07) is 8.94. The van der Waals surface area contributed by atoms with Crippen LogP contribution < -0.4 is 14.8 Å². The summed E-state index contributed by atoms with van der Waals surface area (Å²) in [6.45, 7) is 0.868. The molecule has 0 saturated heterocycles. The van der Waals surface area contributed by atoms with Crippen molar-refractivity contribution in [2.75, 3.05) is 13.3 Å². The lowest BCUT2D eigenvalue weighted by atomic mass is 10.1. The quantitative estimate of drug-likeness (QED) is 0.891. The summed E-state index contributed by atoms with van der Waals surface area (Å²) in [6.07, 6.45) is -0.927. The molecule has 1 aliphatic rings. The van der Waals surface area contributed by atoms with Crippen LogP contribution in [0.1, 0.15) is 17.2 Å². The molecule has 0 radical (unpaired) electrons. The average Bonchev–Trinajstić information content (AvgIpc) is 2.99. The van der Waals surface area contributed by atoms with E-state index >= 15 is 0 Å². The summed E-state index contributed by atoms with van der Waals surface area (Å²) in [4.78, 5) is 0. The number of hydrogen-bond acceptors (Lipinski definition) is 4. The third-order valence-corrected chi connectivity index (χ3v) is 3.46. The Morgan fingerprint density at radius 2 is 2.00 bits per heavy atom. The predicted octanol–water partition coefficient (Wildman–Crippen LogP) is 2.52. The molecule has 1 atom stereocenters. The lowest BCUT2D eigenvalue weighted by molar-refractivity contribution is 0.170. The summed E-state index contributed by atoms with van der Waals surface area (Å²) < 4.78 is 36.7. The van der Waals surface area contributed by atoms with Gasteiger partial charge in [0.25, 0.3) is 0 Å². The van der Waals surface area contributed by atoms with Gasteiger partial charge in [-0.3, -0.25) is 0 Å².